The summed E-state index contributed by atoms with van der Waals surface area (Å²) in [5.41, 5.74) is 0.0133. The molecule has 19 heavy (non-hydrogen) atoms. The molecule has 0 saturated heterocycles. The minimum atomic E-state index is -1.01. The first-order valence-electron chi connectivity index (χ1n) is 6.06. The summed E-state index contributed by atoms with van der Waals surface area (Å²) in [6.07, 6.45) is -1.01. The van der Waals surface area contributed by atoms with E-state index in [0.717, 1.165) is 5.39 Å². The maximum atomic E-state index is 11.5. The maximum absolute atomic E-state index is 11.5. The molecule has 0 radical (unpaired) electrons. The Morgan fingerprint density at radius 3 is 2.16 bits per heavy atom. The third-order valence-corrected chi connectivity index (χ3v) is 2.98. The smallest absolute Gasteiger partial charge is 0.412 e. The van der Waals surface area contributed by atoms with E-state index in [1.807, 2.05) is 39.0 Å². The van der Waals surface area contributed by atoms with Crippen LogP contribution >= 0.6 is 0 Å². The molecule has 0 aromatic heterocycles. The van der Waals surface area contributed by atoms with Gasteiger partial charge in [-0.05, 0) is 32.9 Å². The number of nitrogens with zero attached hydrogens (tertiary/aromatic N) is 1. The molecular weight excluding hydrogens is 242 g/mol. The molecule has 0 unspecified atom stereocenters. The highest BCUT2D eigenvalue weighted by molar-refractivity contribution is 6.04. The average molecular weight is 259 g/mol. The van der Waals surface area contributed by atoms with E-state index in [0.29, 0.717) is 11.1 Å². The zero-order chi connectivity index (χ0) is 14.2. The molecular formula is C15H17NO3. The van der Waals surface area contributed by atoms with Crippen LogP contribution in [0.2, 0.25) is 0 Å². The third kappa shape index (κ3) is 2.34. The monoisotopic (exact) mass is 259 g/mol. The standard InChI is InChI=1S/C15H17NO3/c1-15(2,3)16(14(18)19)12-8-9-13(17)11-7-5-4-6-10(11)12/h4-9,17H,1-3H3,(H,18,19). The molecule has 0 saturated carbocycles. The number of hydrogen-bond donors (Lipinski definition) is 2. The topological polar surface area (TPSA) is 60.8 Å². The molecule has 0 atom stereocenters. The summed E-state index contributed by atoms with van der Waals surface area (Å²) in [4.78, 5) is 12.9. The van der Waals surface area contributed by atoms with Gasteiger partial charge >= 0.3 is 6.09 Å². The lowest BCUT2D eigenvalue weighted by Gasteiger charge is -2.34. The fraction of sp³-hybridized carbons (Fsp3) is 0.267. The minimum absolute atomic E-state index is 0.151. The highest BCUT2D eigenvalue weighted by Crippen LogP contribution is 2.35. The van der Waals surface area contributed by atoms with E-state index >= 15 is 0 Å². The Kier molecular flexibility index (Phi) is 3.10. The van der Waals surface area contributed by atoms with Crippen LogP contribution in [0.4, 0.5) is 10.5 Å². The van der Waals surface area contributed by atoms with Gasteiger partial charge in [0.1, 0.15) is 5.75 Å². The molecule has 0 fully saturated rings. The highest BCUT2D eigenvalue weighted by Gasteiger charge is 2.29. The quantitative estimate of drug-likeness (QED) is 0.818. The predicted octanol–water partition coefficient (Wildman–Crippen LogP) is 3.83. The average Bonchev–Trinajstić information content (AvgIpc) is 2.31. The molecule has 100 valence electrons. The number of hydrogen-bond acceptors (Lipinski definition) is 2. The first kappa shape index (κ1) is 13.2. The summed E-state index contributed by atoms with van der Waals surface area (Å²) in [6, 6.07) is 10.4. The Hall–Kier alpha value is -2.23. The van der Waals surface area contributed by atoms with Crippen molar-refractivity contribution < 1.29 is 15.0 Å². The number of carboxylic acid groups (broad SMARTS) is 1. The Morgan fingerprint density at radius 2 is 1.63 bits per heavy atom. The molecule has 4 nitrogen and oxygen atoms in total. The van der Waals surface area contributed by atoms with Crippen LogP contribution in [0.15, 0.2) is 36.4 Å². The Labute approximate surface area is 111 Å². The van der Waals surface area contributed by atoms with Crippen molar-refractivity contribution in [2.45, 2.75) is 26.3 Å². The van der Waals surface area contributed by atoms with Crippen molar-refractivity contribution in [3.8, 4) is 5.75 Å². The van der Waals surface area contributed by atoms with Crippen LogP contribution in [0, 0.1) is 0 Å². The van der Waals surface area contributed by atoms with E-state index in [1.54, 1.807) is 12.1 Å². The van der Waals surface area contributed by atoms with E-state index in [1.165, 1.54) is 11.0 Å². The molecule has 1 amide bonds. The third-order valence-electron chi connectivity index (χ3n) is 2.98. The molecule has 2 N–H and O–H groups in total. The van der Waals surface area contributed by atoms with Crippen LogP contribution in [0.25, 0.3) is 10.8 Å². The van der Waals surface area contributed by atoms with Gasteiger partial charge in [-0.2, -0.15) is 0 Å². The molecule has 2 rings (SSSR count). The van der Waals surface area contributed by atoms with Gasteiger partial charge in [-0.25, -0.2) is 4.79 Å². The number of rotatable bonds is 1. The molecule has 0 bridgehead atoms. The van der Waals surface area contributed by atoms with Gasteiger partial charge in [0, 0.05) is 16.3 Å². The van der Waals surface area contributed by atoms with Crippen LogP contribution in [0.3, 0.4) is 0 Å². The van der Waals surface area contributed by atoms with Gasteiger partial charge in [-0.3, -0.25) is 4.90 Å². The first-order chi connectivity index (χ1) is 8.82. The SMILES string of the molecule is CC(C)(C)N(C(=O)O)c1ccc(O)c2ccccc12. The zero-order valence-electron chi connectivity index (χ0n) is 11.2. The fourth-order valence-corrected chi connectivity index (χ4v) is 2.21. The highest BCUT2D eigenvalue weighted by atomic mass is 16.4. The second kappa shape index (κ2) is 4.46. The zero-order valence-corrected chi connectivity index (χ0v) is 11.2. The summed E-state index contributed by atoms with van der Waals surface area (Å²) in [7, 11) is 0. The maximum Gasteiger partial charge on any atom is 0.412 e. The number of fused-ring (bicyclic) bond motifs is 1. The molecule has 0 aliphatic rings. The summed E-state index contributed by atoms with van der Waals surface area (Å²) >= 11 is 0. The molecule has 2 aromatic carbocycles. The first-order valence-corrected chi connectivity index (χ1v) is 6.06. The van der Waals surface area contributed by atoms with Crippen molar-refractivity contribution in [3.63, 3.8) is 0 Å². The van der Waals surface area contributed by atoms with Crippen LogP contribution in [-0.4, -0.2) is 21.8 Å². The van der Waals surface area contributed by atoms with Crippen molar-refractivity contribution in [1.82, 2.24) is 0 Å². The van der Waals surface area contributed by atoms with E-state index < -0.39 is 11.6 Å². The number of phenolic OH excluding ortho intramolecular Hbond substituents is 1. The lowest BCUT2D eigenvalue weighted by Crippen LogP contribution is -2.45. The van der Waals surface area contributed by atoms with Crippen LogP contribution in [0.5, 0.6) is 5.75 Å². The Balaban J connectivity index is 2.75. The van der Waals surface area contributed by atoms with Gasteiger partial charge in [-0.15, -0.1) is 0 Å². The normalized spacial score (nSPS) is 11.5. The van der Waals surface area contributed by atoms with Crippen molar-refractivity contribution in [3.05, 3.63) is 36.4 Å². The van der Waals surface area contributed by atoms with E-state index in [2.05, 4.69) is 0 Å². The van der Waals surface area contributed by atoms with Crippen LogP contribution in [0.1, 0.15) is 20.8 Å². The number of aromatic hydroxyl groups is 1. The van der Waals surface area contributed by atoms with Crippen LogP contribution in [-0.2, 0) is 0 Å². The number of anilines is 1. The summed E-state index contributed by atoms with van der Waals surface area (Å²) in [5.74, 6) is 0.151. The fourth-order valence-electron chi connectivity index (χ4n) is 2.21. The number of phenols is 1. The van der Waals surface area contributed by atoms with Gasteiger partial charge in [0.05, 0.1) is 5.69 Å². The van der Waals surface area contributed by atoms with Gasteiger partial charge in [0.15, 0.2) is 0 Å². The summed E-state index contributed by atoms with van der Waals surface area (Å²) in [6.45, 7) is 5.51. The van der Waals surface area contributed by atoms with Crippen LogP contribution < -0.4 is 4.90 Å². The van der Waals surface area contributed by atoms with E-state index in [9.17, 15) is 15.0 Å². The lowest BCUT2D eigenvalue weighted by molar-refractivity contribution is 0.196. The Bertz CT molecular complexity index is 629. The largest absolute Gasteiger partial charge is 0.507 e. The molecule has 0 aliphatic carbocycles. The Morgan fingerprint density at radius 1 is 1.05 bits per heavy atom. The van der Waals surface area contributed by atoms with E-state index in [4.69, 9.17) is 0 Å². The second-order valence-electron chi connectivity index (χ2n) is 5.44. The molecule has 4 heteroatoms. The van der Waals surface area contributed by atoms with Gasteiger partial charge in [-0.1, -0.05) is 24.3 Å². The van der Waals surface area contributed by atoms with Crippen molar-refractivity contribution in [1.29, 1.82) is 0 Å². The number of amides is 1. The van der Waals surface area contributed by atoms with Gasteiger partial charge in [0.2, 0.25) is 0 Å². The van der Waals surface area contributed by atoms with Gasteiger partial charge < -0.3 is 10.2 Å². The van der Waals surface area contributed by atoms with E-state index in [-0.39, 0.29) is 5.75 Å². The lowest BCUT2D eigenvalue weighted by atomic mass is 10.0. The summed E-state index contributed by atoms with van der Waals surface area (Å²) < 4.78 is 0. The number of carbonyl (C=O) groups is 1. The minimum Gasteiger partial charge on any atom is -0.507 e. The molecule has 0 spiro atoms. The van der Waals surface area contributed by atoms with Crippen molar-refractivity contribution in [2.24, 2.45) is 0 Å². The second-order valence-corrected chi connectivity index (χ2v) is 5.44. The van der Waals surface area contributed by atoms with Gasteiger partial charge in [0.25, 0.3) is 0 Å². The molecule has 0 heterocycles. The molecule has 0 aliphatic heterocycles. The predicted molar refractivity (Wildman–Crippen MR) is 75.9 cm³/mol. The van der Waals surface area contributed by atoms with Crippen molar-refractivity contribution in [2.75, 3.05) is 4.90 Å². The molecule has 2 aromatic rings. The number of benzene rings is 2. The summed E-state index contributed by atoms with van der Waals surface area (Å²) in [5, 5.41) is 20.7. The van der Waals surface area contributed by atoms with Crippen molar-refractivity contribution >= 4 is 22.6 Å².